The predicted octanol–water partition coefficient (Wildman–Crippen LogP) is 3.31. The zero-order valence-electron chi connectivity index (χ0n) is 15.2. The van der Waals surface area contributed by atoms with E-state index in [1.807, 2.05) is 6.07 Å². The third-order valence-electron chi connectivity index (χ3n) is 5.64. The first-order valence-corrected chi connectivity index (χ1v) is 10.6. The van der Waals surface area contributed by atoms with Crippen molar-refractivity contribution in [3.63, 3.8) is 0 Å². The van der Waals surface area contributed by atoms with Crippen molar-refractivity contribution in [2.24, 2.45) is 5.92 Å². The Labute approximate surface area is 160 Å². The maximum absolute atomic E-state index is 12.9. The maximum Gasteiger partial charge on any atom is 0.225 e. The average molecular weight is 370 g/mol. The highest BCUT2D eigenvalue weighted by Gasteiger charge is 2.30. The van der Waals surface area contributed by atoms with Gasteiger partial charge in [-0.1, -0.05) is 18.2 Å². The molecule has 2 aromatic rings. The molecular weight excluding hydrogens is 342 g/mol. The first kappa shape index (κ1) is 17.6. The molecule has 2 saturated heterocycles. The van der Waals surface area contributed by atoms with Crippen LogP contribution in [0.2, 0.25) is 0 Å². The van der Waals surface area contributed by atoms with Crippen LogP contribution < -0.4 is 4.90 Å². The van der Waals surface area contributed by atoms with Crippen LogP contribution in [0.1, 0.15) is 18.4 Å². The highest BCUT2D eigenvalue weighted by molar-refractivity contribution is 7.07. The molecule has 4 rings (SSSR count). The Morgan fingerprint density at radius 1 is 0.962 bits per heavy atom. The van der Waals surface area contributed by atoms with Gasteiger partial charge in [-0.2, -0.15) is 11.3 Å². The predicted molar refractivity (Wildman–Crippen MR) is 108 cm³/mol. The van der Waals surface area contributed by atoms with Crippen molar-refractivity contribution in [3.05, 3.63) is 52.7 Å². The van der Waals surface area contributed by atoms with Crippen LogP contribution in [0.5, 0.6) is 0 Å². The van der Waals surface area contributed by atoms with Crippen LogP contribution in [0.4, 0.5) is 5.69 Å². The summed E-state index contributed by atoms with van der Waals surface area (Å²) in [7, 11) is 0. The topological polar surface area (TPSA) is 26.8 Å². The smallest absolute Gasteiger partial charge is 0.225 e. The summed E-state index contributed by atoms with van der Waals surface area (Å²) in [4.78, 5) is 19.9. The minimum absolute atomic E-state index is 0.219. The highest BCUT2D eigenvalue weighted by Crippen LogP contribution is 2.23. The third-order valence-corrected chi connectivity index (χ3v) is 6.37. The van der Waals surface area contributed by atoms with Gasteiger partial charge in [0, 0.05) is 44.3 Å². The van der Waals surface area contributed by atoms with E-state index in [0.717, 1.165) is 58.7 Å². The number of thiophene rings is 1. The van der Waals surface area contributed by atoms with E-state index in [2.05, 4.69) is 55.8 Å². The van der Waals surface area contributed by atoms with E-state index in [9.17, 15) is 4.79 Å². The molecule has 5 heteroatoms. The largest absolute Gasteiger partial charge is 0.368 e. The Morgan fingerprint density at radius 2 is 1.69 bits per heavy atom. The number of piperazine rings is 1. The SMILES string of the molecule is O=C(C1CCN(Cc2ccsc2)CC1)N1CCN(c2ccccc2)CC1. The van der Waals surface area contributed by atoms with Crippen LogP contribution in [-0.4, -0.2) is 55.0 Å². The van der Waals surface area contributed by atoms with Crippen LogP contribution in [0.15, 0.2) is 47.2 Å². The molecule has 2 aliphatic heterocycles. The second-order valence-electron chi connectivity index (χ2n) is 7.33. The fourth-order valence-electron chi connectivity index (χ4n) is 4.06. The molecule has 0 N–H and O–H groups in total. The summed E-state index contributed by atoms with van der Waals surface area (Å²) in [6.45, 7) is 6.68. The van der Waals surface area contributed by atoms with E-state index in [0.29, 0.717) is 5.91 Å². The lowest BCUT2D eigenvalue weighted by molar-refractivity contribution is -0.137. The van der Waals surface area contributed by atoms with Crippen LogP contribution in [0.25, 0.3) is 0 Å². The van der Waals surface area contributed by atoms with Gasteiger partial charge >= 0.3 is 0 Å². The summed E-state index contributed by atoms with van der Waals surface area (Å²) >= 11 is 1.76. The molecule has 0 atom stereocenters. The highest BCUT2D eigenvalue weighted by atomic mass is 32.1. The molecule has 3 heterocycles. The van der Waals surface area contributed by atoms with Gasteiger partial charge in [-0.15, -0.1) is 0 Å². The Balaban J connectivity index is 1.24. The van der Waals surface area contributed by atoms with Crippen molar-refractivity contribution in [3.8, 4) is 0 Å². The third kappa shape index (κ3) is 4.10. The molecule has 0 saturated carbocycles. The van der Waals surface area contributed by atoms with Crippen molar-refractivity contribution in [1.82, 2.24) is 9.80 Å². The standard InChI is InChI=1S/C21H27N3OS/c25-21(19-6-9-22(10-7-19)16-18-8-15-26-17-18)24-13-11-23(12-14-24)20-4-2-1-3-5-20/h1-5,8,15,17,19H,6-7,9-14,16H2. The van der Waals surface area contributed by atoms with Gasteiger partial charge in [0.15, 0.2) is 0 Å². The zero-order valence-corrected chi connectivity index (χ0v) is 16.0. The summed E-state index contributed by atoms with van der Waals surface area (Å²) < 4.78 is 0. The molecule has 0 spiro atoms. The van der Waals surface area contributed by atoms with Gasteiger partial charge < -0.3 is 9.80 Å². The summed E-state index contributed by atoms with van der Waals surface area (Å²) in [5, 5.41) is 4.37. The summed E-state index contributed by atoms with van der Waals surface area (Å²) in [6, 6.07) is 12.7. The van der Waals surface area contributed by atoms with Gasteiger partial charge in [0.2, 0.25) is 5.91 Å². The summed E-state index contributed by atoms with van der Waals surface area (Å²) in [5.41, 5.74) is 2.66. The number of nitrogens with zero attached hydrogens (tertiary/aromatic N) is 3. The number of hydrogen-bond donors (Lipinski definition) is 0. The van der Waals surface area contributed by atoms with Crippen LogP contribution in [0, 0.1) is 5.92 Å². The lowest BCUT2D eigenvalue weighted by Crippen LogP contribution is -2.51. The van der Waals surface area contributed by atoms with Crippen LogP contribution in [0.3, 0.4) is 0 Å². The van der Waals surface area contributed by atoms with Gasteiger partial charge in [-0.05, 0) is 60.5 Å². The first-order valence-electron chi connectivity index (χ1n) is 9.62. The quantitative estimate of drug-likeness (QED) is 0.827. The molecule has 1 aromatic heterocycles. The van der Waals surface area contributed by atoms with Gasteiger partial charge in [0.1, 0.15) is 0 Å². The fourth-order valence-corrected chi connectivity index (χ4v) is 4.72. The molecule has 0 unspecified atom stereocenters. The molecule has 1 amide bonds. The normalized spacial score (nSPS) is 19.7. The number of carbonyl (C=O) groups excluding carboxylic acids is 1. The van der Waals surface area contributed by atoms with Crippen LogP contribution in [-0.2, 0) is 11.3 Å². The van der Waals surface area contributed by atoms with E-state index < -0.39 is 0 Å². The second kappa shape index (κ2) is 8.23. The number of carbonyl (C=O) groups is 1. The summed E-state index contributed by atoms with van der Waals surface area (Å²) in [5.74, 6) is 0.602. The van der Waals surface area contributed by atoms with E-state index in [4.69, 9.17) is 0 Å². The number of amides is 1. The molecule has 4 nitrogen and oxygen atoms in total. The minimum atomic E-state index is 0.219. The van der Waals surface area contributed by atoms with E-state index in [1.165, 1.54) is 11.3 Å². The number of para-hydroxylation sites is 1. The zero-order chi connectivity index (χ0) is 17.8. The number of benzene rings is 1. The van der Waals surface area contributed by atoms with Gasteiger partial charge in [0.25, 0.3) is 0 Å². The van der Waals surface area contributed by atoms with Gasteiger partial charge in [-0.25, -0.2) is 0 Å². The second-order valence-corrected chi connectivity index (χ2v) is 8.11. The molecular formula is C21H27N3OS. The molecule has 26 heavy (non-hydrogen) atoms. The van der Waals surface area contributed by atoms with Gasteiger partial charge in [0.05, 0.1) is 0 Å². The van der Waals surface area contributed by atoms with Crippen molar-refractivity contribution >= 4 is 22.9 Å². The maximum atomic E-state index is 12.9. The molecule has 1 aromatic carbocycles. The molecule has 2 fully saturated rings. The van der Waals surface area contributed by atoms with Crippen LogP contribution >= 0.6 is 11.3 Å². The van der Waals surface area contributed by atoms with Crippen molar-refractivity contribution in [1.29, 1.82) is 0 Å². The lowest BCUT2D eigenvalue weighted by Gasteiger charge is -2.39. The monoisotopic (exact) mass is 369 g/mol. The number of rotatable bonds is 4. The minimum Gasteiger partial charge on any atom is -0.368 e. The molecule has 2 aliphatic rings. The number of anilines is 1. The van der Waals surface area contributed by atoms with Crippen molar-refractivity contribution in [2.75, 3.05) is 44.2 Å². The number of piperidine rings is 1. The van der Waals surface area contributed by atoms with E-state index in [1.54, 1.807) is 11.3 Å². The Morgan fingerprint density at radius 3 is 2.35 bits per heavy atom. The number of hydrogen-bond acceptors (Lipinski definition) is 4. The average Bonchev–Trinajstić information content (AvgIpc) is 3.22. The molecule has 138 valence electrons. The van der Waals surface area contributed by atoms with E-state index in [-0.39, 0.29) is 5.92 Å². The fraction of sp³-hybridized carbons (Fsp3) is 0.476. The van der Waals surface area contributed by atoms with Gasteiger partial charge in [-0.3, -0.25) is 9.69 Å². The molecule has 0 aliphatic carbocycles. The number of likely N-dealkylation sites (tertiary alicyclic amines) is 1. The molecule has 0 radical (unpaired) electrons. The van der Waals surface area contributed by atoms with Crippen molar-refractivity contribution in [2.45, 2.75) is 19.4 Å². The van der Waals surface area contributed by atoms with E-state index >= 15 is 0 Å². The lowest BCUT2D eigenvalue weighted by atomic mass is 9.94. The molecule has 0 bridgehead atoms. The Kier molecular flexibility index (Phi) is 5.56. The Bertz CT molecular complexity index is 687. The van der Waals surface area contributed by atoms with Crippen molar-refractivity contribution < 1.29 is 4.79 Å². The Hall–Kier alpha value is -1.85. The first-order chi connectivity index (χ1) is 12.8. The summed E-state index contributed by atoms with van der Waals surface area (Å²) in [6.07, 6.45) is 2.00.